The number of allylic oxidation sites excluding steroid dienone is 5. The quantitative estimate of drug-likeness (QED) is 0.596. The number of rotatable bonds is 1. The van der Waals surface area contributed by atoms with Crippen molar-refractivity contribution < 1.29 is 26.3 Å². The Bertz CT molecular complexity index is 331. The van der Waals surface area contributed by atoms with Crippen LogP contribution in [0.2, 0.25) is 0 Å². The highest BCUT2D eigenvalue weighted by Gasteiger charge is 2.40. The van der Waals surface area contributed by atoms with E-state index in [0.717, 1.165) is 6.08 Å². The van der Waals surface area contributed by atoms with Gasteiger partial charge in [-0.25, -0.2) is 4.39 Å². The minimum atomic E-state index is -4.69. The molecular formula is C9H6F6. The Balaban J connectivity index is 2.93. The van der Waals surface area contributed by atoms with E-state index >= 15 is 0 Å². The van der Waals surface area contributed by atoms with E-state index < -0.39 is 29.9 Å². The fourth-order valence-electron chi connectivity index (χ4n) is 1.21. The second-order valence-corrected chi connectivity index (χ2v) is 3.09. The molecule has 15 heavy (non-hydrogen) atoms. The highest BCUT2D eigenvalue weighted by Crippen LogP contribution is 2.38. The Morgan fingerprint density at radius 3 is 2.40 bits per heavy atom. The molecule has 0 bridgehead atoms. The number of hydrogen-bond donors (Lipinski definition) is 0. The third-order valence-corrected chi connectivity index (χ3v) is 1.85. The van der Waals surface area contributed by atoms with Crippen LogP contribution in [0, 0.1) is 0 Å². The van der Waals surface area contributed by atoms with Gasteiger partial charge in [0.1, 0.15) is 0 Å². The van der Waals surface area contributed by atoms with Crippen molar-refractivity contribution in [3.05, 3.63) is 36.0 Å². The summed E-state index contributed by atoms with van der Waals surface area (Å²) in [7, 11) is 0. The highest BCUT2D eigenvalue weighted by atomic mass is 19.4. The molecule has 0 aromatic rings. The normalized spacial score (nSPS) is 26.1. The zero-order chi connectivity index (χ0) is 11.7. The van der Waals surface area contributed by atoms with Gasteiger partial charge in [-0.05, 0) is 6.08 Å². The first-order valence-corrected chi connectivity index (χ1v) is 3.91. The molecule has 0 spiro atoms. The average molecular weight is 228 g/mol. The fourth-order valence-corrected chi connectivity index (χ4v) is 1.21. The molecule has 0 fully saturated rings. The van der Waals surface area contributed by atoms with Crippen molar-refractivity contribution in [2.24, 2.45) is 0 Å². The number of hydrogen-bond acceptors (Lipinski definition) is 0. The molecule has 1 atom stereocenters. The standard InChI is InChI=1S/C9H6F6/c10-7(11)5-8(12)3-1-2-6(4-8)9(13,14)15/h1-3,5H,4H2. The van der Waals surface area contributed by atoms with Crippen LogP contribution in [0.4, 0.5) is 26.3 Å². The van der Waals surface area contributed by atoms with Crippen molar-refractivity contribution >= 4 is 0 Å². The van der Waals surface area contributed by atoms with E-state index in [2.05, 4.69) is 0 Å². The van der Waals surface area contributed by atoms with Gasteiger partial charge in [0.2, 0.25) is 0 Å². The van der Waals surface area contributed by atoms with Gasteiger partial charge in [0.05, 0.1) is 0 Å². The molecule has 0 saturated carbocycles. The first kappa shape index (κ1) is 11.9. The smallest absolute Gasteiger partial charge is 0.234 e. The molecule has 0 heterocycles. The van der Waals surface area contributed by atoms with Crippen LogP contribution in [0.1, 0.15) is 6.42 Å². The summed E-state index contributed by atoms with van der Waals surface area (Å²) in [6.07, 6.45) is -6.16. The molecule has 84 valence electrons. The van der Waals surface area contributed by atoms with E-state index in [1.807, 2.05) is 0 Å². The summed E-state index contributed by atoms with van der Waals surface area (Å²) < 4.78 is 73.4. The van der Waals surface area contributed by atoms with Gasteiger partial charge in [0.25, 0.3) is 6.08 Å². The Morgan fingerprint density at radius 2 is 1.93 bits per heavy atom. The Kier molecular flexibility index (Phi) is 2.97. The average Bonchev–Trinajstić information content (AvgIpc) is 1.99. The molecule has 6 heteroatoms. The molecule has 0 nitrogen and oxygen atoms in total. The van der Waals surface area contributed by atoms with Crippen LogP contribution >= 0.6 is 0 Å². The van der Waals surface area contributed by atoms with Crippen LogP contribution in [-0.4, -0.2) is 11.8 Å². The van der Waals surface area contributed by atoms with Crippen molar-refractivity contribution in [3.8, 4) is 0 Å². The summed E-state index contributed by atoms with van der Waals surface area (Å²) in [5, 5.41) is 0. The van der Waals surface area contributed by atoms with Crippen LogP contribution < -0.4 is 0 Å². The third kappa shape index (κ3) is 3.14. The lowest BCUT2D eigenvalue weighted by atomic mass is 9.91. The monoisotopic (exact) mass is 228 g/mol. The van der Waals surface area contributed by atoms with E-state index in [0.29, 0.717) is 12.2 Å². The summed E-state index contributed by atoms with van der Waals surface area (Å²) in [6, 6.07) is 0. The van der Waals surface area contributed by atoms with Gasteiger partial charge in [-0.2, -0.15) is 22.0 Å². The maximum Gasteiger partial charge on any atom is 0.412 e. The van der Waals surface area contributed by atoms with E-state index in [1.165, 1.54) is 0 Å². The molecular weight excluding hydrogens is 222 g/mol. The molecule has 1 aliphatic rings. The van der Waals surface area contributed by atoms with Crippen molar-refractivity contribution in [2.45, 2.75) is 18.3 Å². The summed E-state index contributed by atoms with van der Waals surface area (Å²) in [5.41, 5.74) is -3.91. The van der Waals surface area contributed by atoms with E-state index in [1.54, 1.807) is 0 Å². The molecule has 0 aromatic heterocycles. The third-order valence-electron chi connectivity index (χ3n) is 1.85. The molecule has 1 aliphatic carbocycles. The minimum Gasteiger partial charge on any atom is -0.234 e. The lowest BCUT2D eigenvalue weighted by Crippen LogP contribution is -2.26. The molecule has 1 unspecified atom stereocenters. The zero-order valence-electron chi connectivity index (χ0n) is 7.28. The Morgan fingerprint density at radius 1 is 1.33 bits per heavy atom. The Labute approximate surface area is 81.6 Å². The summed E-state index contributed by atoms with van der Waals surface area (Å²) >= 11 is 0. The second kappa shape index (κ2) is 3.75. The van der Waals surface area contributed by atoms with Gasteiger partial charge in [0.15, 0.2) is 5.67 Å². The number of halogens is 6. The van der Waals surface area contributed by atoms with Gasteiger partial charge in [-0.1, -0.05) is 12.2 Å². The maximum absolute atomic E-state index is 13.4. The van der Waals surface area contributed by atoms with Crippen LogP contribution in [-0.2, 0) is 0 Å². The minimum absolute atomic E-state index is 0.123. The van der Waals surface area contributed by atoms with Crippen LogP contribution in [0.15, 0.2) is 36.0 Å². The Hall–Kier alpha value is -1.20. The van der Waals surface area contributed by atoms with E-state index in [4.69, 9.17) is 0 Å². The first-order valence-electron chi connectivity index (χ1n) is 3.91. The second-order valence-electron chi connectivity index (χ2n) is 3.09. The summed E-state index contributed by atoms with van der Waals surface area (Å²) in [6.45, 7) is 0. The number of alkyl halides is 4. The largest absolute Gasteiger partial charge is 0.412 e. The predicted molar refractivity (Wildman–Crippen MR) is 42.0 cm³/mol. The van der Waals surface area contributed by atoms with Gasteiger partial charge >= 0.3 is 6.18 Å². The zero-order valence-corrected chi connectivity index (χ0v) is 7.28. The molecule has 0 aromatic carbocycles. The van der Waals surface area contributed by atoms with Crippen LogP contribution in [0.25, 0.3) is 0 Å². The van der Waals surface area contributed by atoms with Crippen molar-refractivity contribution in [2.75, 3.05) is 0 Å². The van der Waals surface area contributed by atoms with Crippen molar-refractivity contribution in [1.82, 2.24) is 0 Å². The predicted octanol–water partition coefficient (Wildman–Crippen LogP) is 3.92. The highest BCUT2D eigenvalue weighted by molar-refractivity contribution is 5.32. The SMILES string of the molecule is FC(F)=CC1(F)C=CC=C(C(F)(F)F)C1. The van der Waals surface area contributed by atoms with Gasteiger partial charge in [0, 0.05) is 18.1 Å². The van der Waals surface area contributed by atoms with Crippen molar-refractivity contribution in [1.29, 1.82) is 0 Å². The topological polar surface area (TPSA) is 0 Å². The summed E-state index contributed by atoms with van der Waals surface area (Å²) in [5.74, 6) is 0. The molecule has 0 N–H and O–H groups in total. The van der Waals surface area contributed by atoms with E-state index in [9.17, 15) is 26.3 Å². The molecule has 0 radical (unpaired) electrons. The van der Waals surface area contributed by atoms with Crippen LogP contribution in [0.3, 0.4) is 0 Å². The fraction of sp³-hybridized carbons (Fsp3) is 0.333. The van der Waals surface area contributed by atoms with E-state index in [-0.39, 0.29) is 6.08 Å². The van der Waals surface area contributed by atoms with Crippen LogP contribution in [0.5, 0.6) is 0 Å². The molecule has 0 saturated heterocycles. The van der Waals surface area contributed by atoms with Gasteiger partial charge in [-0.15, -0.1) is 0 Å². The molecule has 0 aliphatic heterocycles. The van der Waals surface area contributed by atoms with Crippen molar-refractivity contribution in [3.63, 3.8) is 0 Å². The van der Waals surface area contributed by atoms with Gasteiger partial charge < -0.3 is 0 Å². The maximum atomic E-state index is 13.4. The molecule has 1 rings (SSSR count). The molecule has 0 amide bonds. The van der Waals surface area contributed by atoms with Gasteiger partial charge in [-0.3, -0.25) is 0 Å². The summed E-state index contributed by atoms with van der Waals surface area (Å²) in [4.78, 5) is 0. The lowest BCUT2D eigenvalue weighted by Gasteiger charge is -2.23. The first-order chi connectivity index (χ1) is 6.73. The lowest BCUT2D eigenvalue weighted by molar-refractivity contribution is -0.0967.